The number of β-amino-alcohol motifs (C(OH)–C–C–N with tert-alkyl or cyclic N) is 1. The quantitative estimate of drug-likeness (QED) is 0.902. The van der Waals surface area contributed by atoms with E-state index in [1.807, 2.05) is 0 Å². The first kappa shape index (κ1) is 11.9. The highest BCUT2D eigenvalue weighted by Gasteiger charge is 2.21. The molecular formula is C13H17N3OS. The SMILES string of the molecule is CCc1cc2c(N3CCCC(O)C3)ncnc2s1. The highest BCUT2D eigenvalue weighted by molar-refractivity contribution is 7.18. The van der Waals surface area contributed by atoms with Crippen molar-refractivity contribution in [3.8, 4) is 0 Å². The smallest absolute Gasteiger partial charge is 0.140 e. The van der Waals surface area contributed by atoms with Crippen LogP contribution in [0.4, 0.5) is 5.82 Å². The first-order valence-electron chi connectivity index (χ1n) is 6.44. The minimum Gasteiger partial charge on any atom is -0.391 e. The molecule has 96 valence electrons. The number of aromatic nitrogens is 2. The highest BCUT2D eigenvalue weighted by atomic mass is 32.1. The summed E-state index contributed by atoms with van der Waals surface area (Å²) in [6.45, 7) is 3.81. The molecule has 18 heavy (non-hydrogen) atoms. The molecule has 2 aromatic heterocycles. The number of aryl methyl sites for hydroxylation is 1. The van der Waals surface area contributed by atoms with E-state index >= 15 is 0 Å². The standard InChI is InChI=1S/C13H17N3OS/c1-2-10-6-11-12(14-8-15-13(11)18-10)16-5-3-4-9(17)7-16/h6,8-9,17H,2-5,7H2,1H3. The Hall–Kier alpha value is -1.20. The highest BCUT2D eigenvalue weighted by Crippen LogP contribution is 2.31. The van der Waals surface area contributed by atoms with Gasteiger partial charge in [-0.05, 0) is 25.3 Å². The molecule has 0 radical (unpaired) electrons. The second kappa shape index (κ2) is 4.82. The number of hydrogen-bond acceptors (Lipinski definition) is 5. The van der Waals surface area contributed by atoms with Crippen LogP contribution in [0.15, 0.2) is 12.4 Å². The maximum absolute atomic E-state index is 9.78. The number of anilines is 1. The number of thiophene rings is 1. The molecule has 1 atom stereocenters. The molecule has 5 heteroatoms. The van der Waals surface area contributed by atoms with Gasteiger partial charge in [0, 0.05) is 18.0 Å². The summed E-state index contributed by atoms with van der Waals surface area (Å²) in [6, 6.07) is 2.19. The molecule has 3 rings (SSSR count). The van der Waals surface area contributed by atoms with Crippen LogP contribution in [0.3, 0.4) is 0 Å². The Bertz CT molecular complexity index is 554. The Kier molecular flexibility index (Phi) is 3.18. The van der Waals surface area contributed by atoms with Gasteiger partial charge in [0.05, 0.1) is 11.5 Å². The van der Waals surface area contributed by atoms with Crippen LogP contribution < -0.4 is 4.90 Å². The fourth-order valence-corrected chi connectivity index (χ4v) is 3.40. The summed E-state index contributed by atoms with van der Waals surface area (Å²) < 4.78 is 0. The third kappa shape index (κ3) is 2.08. The number of aliphatic hydroxyl groups excluding tert-OH is 1. The predicted octanol–water partition coefficient (Wildman–Crippen LogP) is 2.21. The summed E-state index contributed by atoms with van der Waals surface area (Å²) in [5, 5.41) is 10.9. The molecule has 1 aliphatic rings. The maximum Gasteiger partial charge on any atom is 0.140 e. The zero-order valence-corrected chi connectivity index (χ0v) is 11.3. The molecule has 0 saturated carbocycles. The van der Waals surface area contributed by atoms with Crippen molar-refractivity contribution in [2.45, 2.75) is 32.3 Å². The third-order valence-corrected chi connectivity index (χ3v) is 4.59. The van der Waals surface area contributed by atoms with E-state index in [1.165, 1.54) is 4.88 Å². The van der Waals surface area contributed by atoms with Gasteiger partial charge in [0.2, 0.25) is 0 Å². The Labute approximate surface area is 110 Å². The van der Waals surface area contributed by atoms with Crippen molar-refractivity contribution in [3.05, 3.63) is 17.3 Å². The van der Waals surface area contributed by atoms with Crippen molar-refractivity contribution < 1.29 is 5.11 Å². The fourth-order valence-electron chi connectivity index (χ4n) is 2.47. The maximum atomic E-state index is 9.78. The van der Waals surface area contributed by atoms with Crippen LogP contribution in [0.1, 0.15) is 24.6 Å². The Morgan fingerprint density at radius 2 is 2.39 bits per heavy atom. The van der Waals surface area contributed by atoms with Gasteiger partial charge in [-0.3, -0.25) is 0 Å². The second-order valence-electron chi connectivity index (χ2n) is 4.72. The lowest BCUT2D eigenvalue weighted by Gasteiger charge is -2.31. The molecule has 0 amide bonds. The summed E-state index contributed by atoms with van der Waals surface area (Å²) in [4.78, 5) is 13.3. The first-order chi connectivity index (χ1) is 8.78. The van der Waals surface area contributed by atoms with Crippen LogP contribution in [0.25, 0.3) is 10.2 Å². The second-order valence-corrected chi connectivity index (χ2v) is 5.84. The van der Waals surface area contributed by atoms with Gasteiger partial charge in [0.25, 0.3) is 0 Å². The summed E-state index contributed by atoms with van der Waals surface area (Å²) in [5.74, 6) is 0.981. The average Bonchev–Trinajstić information content (AvgIpc) is 2.81. The molecule has 4 nitrogen and oxygen atoms in total. The molecule has 1 N–H and O–H groups in total. The van der Waals surface area contributed by atoms with Crippen LogP contribution in [0, 0.1) is 0 Å². The number of nitrogens with zero attached hydrogens (tertiary/aromatic N) is 3. The van der Waals surface area contributed by atoms with Crippen molar-refractivity contribution in [2.24, 2.45) is 0 Å². The van der Waals surface area contributed by atoms with E-state index in [0.29, 0.717) is 6.54 Å². The molecule has 2 aromatic rings. The topological polar surface area (TPSA) is 49.2 Å². The van der Waals surface area contributed by atoms with E-state index in [-0.39, 0.29) is 6.10 Å². The molecule has 3 heterocycles. The zero-order chi connectivity index (χ0) is 12.5. The summed E-state index contributed by atoms with van der Waals surface area (Å²) in [6.07, 6.45) is 4.36. The van der Waals surface area contributed by atoms with Gasteiger partial charge >= 0.3 is 0 Å². The van der Waals surface area contributed by atoms with Crippen LogP contribution in [0.2, 0.25) is 0 Å². The minimum atomic E-state index is -0.229. The van der Waals surface area contributed by atoms with E-state index < -0.39 is 0 Å². The lowest BCUT2D eigenvalue weighted by molar-refractivity contribution is 0.154. The predicted molar refractivity (Wildman–Crippen MR) is 74.2 cm³/mol. The molecule has 1 fully saturated rings. The molecule has 0 aliphatic carbocycles. The Balaban J connectivity index is 2.02. The average molecular weight is 263 g/mol. The molecule has 0 aromatic carbocycles. The number of fused-ring (bicyclic) bond motifs is 1. The van der Waals surface area contributed by atoms with Crippen molar-refractivity contribution in [1.82, 2.24) is 9.97 Å². The van der Waals surface area contributed by atoms with Gasteiger partial charge in [-0.1, -0.05) is 6.92 Å². The van der Waals surface area contributed by atoms with Crippen molar-refractivity contribution >= 4 is 27.4 Å². The number of piperidine rings is 1. The van der Waals surface area contributed by atoms with E-state index in [2.05, 4.69) is 27.9 Å². The fraction of sp³-hybridized carbons (Fsp3) is 0.538. The third-order valence-electron chi connectivity index (χ3n) is 3.40. The zero-order valence-electron chi connectivity index (χ0n) is 10.5. The number of hydrogen-bond donors (Lipinski definition) is 1. The van der Waals surface area contributed by atoms with E-state index in [1.54, 1.807) is 17.7 Å². The lowest BCUT2D eigenvalue weighted by Crippen LogP contribution is -2.38. The number of aliphatic hydroxyl groups is 1. The van der Waals surface area contributed by atoms with Gasteiger partial charge in [-0.25, -0.2) is 9.97 Å². The molecule has 0 bridgehead atoms. The van der Waals surface area contributed by atoms with Gasteiger partial charge < -0.3 is 10.0 Å². The number of rotatable bonds is 2. The molecule has 1 unspecified atom stereocenters. The largest absolute Gasteiger partial charge is 0.391 e. The van der Waals surface area contributed by atoms with Crippen LogP contribution in [-0.4, -0.2) is 34.3 Å². The summed E-state index contributed by atoms with van der Waals surface area (Å²) in [7, 11) is 0. The molecule has 0 spiro atoms. The monoisotopic (exact) mass is 263 g/mol. The minimum absolute atomic E-state index is 0.229. The van der Waals surface area contributed by atoms with Crippen molar-refractivity contribution in [2.75, 3.05) is 18.0 Å². The summed E-state index contributed by atoms with van der Waals surface area (Å²) in [5.41, 5.74) is 0. The Morgan fingerprint density at radius 1 is 1.50 bits per heavy atom. The van der Waals surface area contributed by atoms with E-state index in [0.717, 1.165) is 41.8 Å². The van der Waals surface area contributed by atoms with Gasteiger partial charge in [-0.15, -0.1) is 11.3 Å². The van der Waals surface area contributed by atoms with E-state index in [9.17, 15) is 5.11 Å². The lowest BCUT2D eigenvalue weighted by atomic mass is 10.1. The Morgan fingerprint density at radius 3 is 3.17 bits per heavy atom. The molecular weight excluding hydrogens is 246 g/mol. The van der Waals surface area contributed by atoms with Crippen LogP contribution in [-0.2, 0) is 6.42 Å². The van der Waals surface area contributed by atoms with Crippen molar-refractivity contribution in [1.29, 1.82) is 0 Å². The summed E-state index contributed by atoms with van der Waals surface area (Å²) >= 11 is 1.74. The van der Waals surface area contributed by atoms with Crippen LogP contribution >= 0.6 is 11.3 Å². The first-order valence-corrected chi connectivity index (χ1v) is 7.26. The van der Waals surface area contributed by atoms with Crippen LogP contribution in [0.5, 0.6) is 0 Å². The van der Waals surface area contributed by atoms with Crippen molar-refractivity contribution in [3.63, 3.8) is 0 Å². The molecule has 1 saturated heterocycles. The molecule has 1 aliphatic heterocycles. The van der Waals surface area contributed by atoms with E-state index in [4.69, 9.17) is 0 Å². The normalized spacial score (nSPS) is 20.6. The van der Waals surface area contributed by atoms with Gasteiger partial charge in [-0.2, -0.15) is 0 Å². The van der Waals surface area contributed by atoms with Gasteiger partial charge in [0.15, 0.2) is 0 Å². The van der Waals surface area contributed by atoms with Gasteiger partial charge in [0.1, 0.15) is 17.0 Å².